The first-order valence-electron chi connectivity index (χ1n) is 8.32. The molecule has 1 aromatic carbocycles. The van der Waals surface area contributed by atoms with Crippen molar-refractivity contribution in [3.8, 4) is 5.75 Å². The summed E-state index contributed by atoms with van der Waals surface area (Å²) >= 11 is 1.47. The van der Waals surface area contributed by atoms with Crippen molar-refractivity contribution in [2.75, 3.05) is 17.7 Å². The van der Waals surface area contributed by atoms with Gasteiger partial charge < -0.3 is 14.6 Å². The molecule has 25 heavy (non-hydrogen) atoms. The van der Waals surface area contributed by atoms with E-state index in [4.69, 9.17) is 4.74 Å². The predicted molar refractivity (Wildman–Crippen MR) is 98.6 cm³/mol. The lowest BCUT2D eigenvalue weighted by Gasteiger charge is -2.28. The largest absolute Gasteiger partial charge is 0.494 e. The van der Waals surface area contributed by atoms with Crippen LogP contribution in [0.4, 0.5) is 5.82 Å². The van der Waals surface area contributed by atoms with Gasteiger partial charge in [-0.05, 0) is 18.7 Å². The topological polar surface area (TPSA) is 73.2 Å². The van der Waals surface area contributed by atoms with E-state index in [1.807, 2.05) is 45.2 Å². The van der Waals surface area contributed by atoms with Crippen LogP contribution in [0.15, 0.2) is 34.2 Å². The summed E-state index contributed by atoms with van der Waals surface area (Å²) in [6.07, 6.45) is 0.203. The van der Waals surface area contributed by atoms with Gasteiger partial charge in [0, 0.05) is 24.9 Å². The van der Waals surface area contributed by atoms with E-state index in [1.165, 1.54) is 11.8 Å². The van der Waals surface area contributed by atoms with Crippen LogP contribution >= 0.6 is 11.8 Å². The van der Waals surface area contributed by atoms with Crippen LogP contribution in [-0.2, 0) is 11.8 Å². The van der Waals surface area contributed by atoms with E-state index in [2.05, 4.69) is 10.3 Å². The number of nitrogens with zero attached hydrogens (tertiary/aromatic N) is 2. The number of ether oxygens (including phenoxy) is 1. The molecule has 7 heteroatoms. The monoisotopic (exact) mass is 359 g/mol. The molecule has 1 aliphatic heterocycles. The summed E-state index contributed by atoms with van der Waals surface area (Å²) in [4.78, 5) is 29.3. The second-order valence-electron chi connectivity index (χ2n) is 5.73. The summed E-state index contributed by atoms with van der Waals surface area (Å²) in [5, 5.41) is 3.45. The van der Waals surface area contributed by atoms with Crippen molar-refractivity contribution < 1.29 is 9.53 Å². The van der Waals surface area contributed by atoms with Crippen molar-refractivity contribution >= 4 is 23.5 Å². The molecule has 6 nitrogen and oxygen atoms in total. The molecule has 1 amide bonds. The maximum absolute atomic E-state index is 12.7. The Labute approximate surface area is 150 Å². The van der Waals surface area contributed by atoms with Gasteiger partial charge >= 0.3 is 0 Å². The minimum Gasteiger partial charge on any atom is -0.494 e. The number of aromatic nitrogens is 2. The van der Waals surface area contributed by atoms with Crippen molar-refractivity contribution in [2.24, 2.45) is 7.05 Å². The number of rotatable bonds is 5. The van der Waals surface area contributed by atoms with E-state index < -0.39 is 0 Å². The third-order valence-corrected chi connectivity index (χ3v) is 5.08. The standard InChI is InChI=1S/C18H21N3O3S/c1-4-24-13-9-7-6-8-11(13)12-10-14(22)19-16-15(12)17(23)20-18(21(16)3)25-5-2/h6-9,12H,4-5,10H2,1-3H3,(H,19,22)/t12-/m1/s1. The molecular weight excluding hydrogens is 338 g/mol. The summed E-state index contributed by atoms with van der Waals surface area (Å²) in [6.45, 7) is 4.42. The van der Waals surface area contributed by atoms with Gasteiger partial charge in [-0.2, -0.15) is 4.98 Å². The average molecular weight is 359 g/mol. The highest BCUT2D eigenvalue weighted by Gasteiger charge is 2.33. The first-order valence-corrected chi connectivity index (χ1v) is 9.30. The molecule has 1 aliphatic rings. The van der Waals surface area contributed by atoms with Crippen molar-refractivity contribution in [3.05, 3.63) is 45.7 Å². The van der Waals surface area contributed by atoms with Gasteiger partial charge in [-0.3, -0.25) is 9.59 Å². The summed E-state index contributed by atoms with van der Waals surface area (Å²) in [5.41, 5.74) is 1.07. The Morgan fingerprint density at radius 2 is 2.08 bits per heavy atom. The molecule has 1 N–H and O–H groups in total. The van der Waals surface area contributed by atoms with Crippen LogP contribution in [-0.4, -0.2) is 27.8 Å². The lowest BCUT2D eigenvalue weighted by Crippen LogP contribution is -2.33. The lowest BCUT2D eigenvalue weighted by molar-refractivity contribution is -0.116. The molecule has 0 fully saturated rings. The van der Waals surface area contributed by atoms with E-state index in [9.17, 15) is 9.59 Å². The van der Waals surface area contributed by atoms with Crippen molar-refractivity contribution in [1.29, 1.82) is 0 Å². The maximum Gasteiger partial charge on any atom is 0.279 e. The summed E-state index contributed by atoms with van der Waals surface area (Å²) in [5.74, 6) is 1.55. The molecule has 2 aromatic rings. The number of para-hydroxylation sites is 1. The lowest BCUT2D eigenvalue weighted by atomic mass is 9.86. The Hall–Kier alpha value is -2.28. The van der Waals surface area contributed by atoms with Crippen LogP contribution in [0.1, 0.15) is 37.3 Å². The van der Waals surface area contributed by atoms with Gasteiger partial charge in [0.25, 0.3) is 5.56 Å². The van der Waals surface area contributed by atoms with Crippen molar-refractivity contribution in [1.82, 2.24) is 9.55 Å². The Morgan fingerprint density at radius 1 is 1.32 bits per heavy atom. The highest BCUT2D eigenvalue weighted by molar-refractivity contribution is 7.99. The molecule has 0 bridgehead atoms. The zero-order chi connectivity index (χ0) is 18.0. The van der Waals surface area contributed by atoms with Gasteiger partial charge in [-0.1, -0.05) is 36.9 Å². The fourth-order valence-corrected chi connectivity index (χ4v) is 3.81. The molecule has 0 saturated heterocycles. The molecule has 0 unspecified atom stereocenters. The van der Waals surface area contributed by atoms with E-state index >= 15 is 0 Å². The number of carbonyl (C=O) groups is 1. The zero-order valence-electron chi connectivity index (χ0n) is 14.5. The van der Waals surface area contributed by atoms with Gasteiger partial charge in [0.1, 0.15) is 11.6 Å². The number of hydrogen-bond donors (Lipinski definition) is 1. The predicted octanol–water partition coefficient (Wildman–Crippen LogP) is 2.77. The molecule has 1 atom stereocenters. The van der Waals surface area contributed by atoms with E-state index in [0.29, 0.717) is 28.9 Å². The van der Waals surface area contributed by atoms with Gasteiger partial charge in [-0.25, -0.2) is 0 Å². The second-order valence-corrected chi connectivity index (χ2v) is 6.96. The maximum atomic E-state index is 12.7. The molecule has 0 radical (unpaired) electrons. The van der Waals surface area contributed by atoms with Crippen LogP contribution < -0.4 is 15.6 Å². The molecule has 132 valence electrons. The number of carbonyl (C=O) groups excluding carboxylic acids is 1. The summed E-state index contributed by atoms with van der Waals surface area (Å²) in [6, 6.07) is 7.55. The number of amides is 1. The molecule has 0 spiro atoms. The third kappa shape index (κ3) is 3.28. The number of anilines is 1. The van der Waals surface area contributed by atoms with E-state index in [0.717, 1.165) is 11.3 Å². The van der Waals surface area contributed by atoms with Gasteiger partial charge in [0.15, 0.2) is 5.16 Å². The molecule has 0 aliphatic carbocycles. The minimum absolute atomic E-state index is 0.113. The first-order chi connectivity index (χ1) is 12.1. The molecule has 1 aromatic heterocycles. The second kappa shape index (κ2) is 7.31. The number of nitrogens with one attached hydrogen (secondary N) is 1. The summed E-state index contributed by atoms with van der Waals surface area (Å²) < 4.78 is 7.50. The quantitative estimate of drug-likeness (QED) is 0.656. The van der Waals surface area contributed by atoms with Crippen LogP contribution in [0.3, 0.4) is 0 Å². The van der Waals surface area contributed by atoms with Gasteiger partial charge in [-0.15, -0.1) is 0 Å². The van der Waals surface area contributed by atoms with Crippen molar-refractivity contribution in [3.63, 3.8) is 0 Å². The number of thioether (sulfide) groups is 1. The van der Waals surface area contributed by atoms with E-state index in [-0.39, 0.29) is 23.8 Å². The number of hydrogen-bond acceptors (Lipinski definition) is 5. The molecule has 0 saturated carbocycles. The smallest absolute Gasteiger partial charge is 0.279 e. The van der Waals surface area contributed by atoms with Crippen LogP contribution in [0.5, 0.6) is 5.75 Å². The number of fused-ring (bicyclic) bond motifs is 1. The summed E-state index contributed by atoms with van der Waals surface area (Å²) in [7, 11) is 1.82. The van der Waals surface area contributed by atoms with Crippen LogP contribution in [0, 0.1) is 0 Å². The van der Waals surface area contributed by atoms with Crippen molar-refractivity contribution in [2.45, 2.75) is 31.3 Å². The third-order valence-electron chi connectivity index (χ3n) is 4.17. The Balaban J connectivity index is 2.19. The normalized spacial score (nSPS) is 16.3. The Bertz CT molecular complexity index is 863. The van der Waals surface area contributed by atoms with Gasteiger partial charge in [0.05, 0.1) is 12.2 Å². The highest BCUT2D eigenvalue weighted by atomic mass is 32.2. The SMILES string of the molecule is CCOc1ccccc1[C@H]1CC(=O)Nc2c1c(=O)nc(SCC)n2C. The minimum atomic E-state index is -0.363. The molecular formula is C18H21N3O3S. The highest BCUT2D eigenvalue weighted by Crippen LogP contribution is 2.39. The average Bonchev–Trinajstić information content (AvgIpc) is 2.59. The van der Waals surface area contributed by atoms with Crippen LogP contribution in [0.2, 0.25) is 0 Å². The fraction of sp³-hybridized carbons (Fsp3) is 0.389. The fourth-order valence-electron chi connectivity index (χ4n) is 3.11. The molecule has 3 rings (SSSR count). The Kier molecular flexibility index (Phi) is 5.13. The zero-order valence-corrected chi connectivity index (χ0v) is 15.4. The first kappa shape index (κ1) is 17.5. The molecule has 2 heterocycles. The van der Waals surface area contributed by atoms with Crippen LogP contribution in [0.25, 0.3) is 0 Å². The van der Waals surface area contributed by atoms with E-state index in [1.54, 1.807) is 4.57 Å². The van der Waals surface area contributed by atoms with Gasteiger partial charge in [0.2, 0.25) is 5.91 Å². The number of benzene rings is 1. The Morgan fingerprint density at radius 3 is 2.80 bits per heavy atom.